The van der Waals surface area contributed by atoms with Crippen LogP contribution in [0.4, 0.5) is 10.5 Å². The maximum Gasteiger partial charge on any atom is 0.511 e. The van der Waals surface area contributed by atoms with E-state index in [1.165, 1.54) is 6.07 Å². The van der Waals surface area contributed by atoms with E-state index in [1.54, 1.807) is 20.8 Å². The predicted molar refractivity (Wildman–Crippen MR) is 62.1 cm³/mol. The van der Waals surface area contributed by atoms with Crippen molar-refractivity contribution in [2.24, 2.45) is 0 Å². The minimum absolute atomic E-state index is 0.0131. The maximum absolute atomic E-state index is 10.6. The van der Waals surface area contributed by atoms with Crippen LogP contribution >= 0.6 is 0 Å². The molecule has 1 aromatic carbocycles. The van der Waals surface area contributed by atoms with Crippen LogP contribution < -0.4 is 9.47 Å². The number of nitro benzene ring substituents is 1. The Labute approximate surface area is 103 Å². The fourth-order valence-electron chi connectivity index (χ4n) is 1.20. The molecule has 7 heteroatoms. The number of carboxylic acid groups (broad SMARTS) is 1. The first-order valence-corrected chi connectivity index (χ1v) is 5.07. The van der Waals surface area contributed by atoms with E-state index in [1.807, 2.05) is 0 Å². The fraction of sp³-hybridized carbons (Fsp3) is 0.364. The summed E-state index contributed by atoms with van der Waals surface area (Å²) in [6.45, 7) is 5.20. The summed E-state index contributed by atoms with van der Waals surface area (Å²) in [5.74, 6) is -0.0675. The quantitative estimate of drug-likeness (QED) is 0.386. The molecule has 0 aromatic heterocycles. The Kier molecular flexibility index (Phi) is 3.75. The molecule has 0 heterocycles. The topological polar surface area (TPSA) is 98.9 Å². The predicted octanol–water partition coefficient (Wildman–Crippen LogP) is 2.83. The van der Waals surface area contributed by atoms with Crippen molar-refractivity contribution in [3.05, 3.63) is 28.3 Å². The molecule has 0 amide bonds. The van der Waals surface area contributed by atoms with Gasteiger partial charge in [-0.25, -0.2) is 4.79 Å². The second-order valence-electron chi connectivity index (χ2n) is 4.47. The lowest BCUT2D eigenvalue weighted by atomic mass is 10.2. The number of rotatable bonds is 3. The summed E-state index contributed by atoms with van der Waals surface area (Å²) >= 11 is 0. The minimum Gasteiger partial charge on any atom is -0.484 e. The van der Waals surface area contributed by atoms with E-state index in [-0.39, 0.29) is 17.2 Å². The third-order valence-corrected chi connectivity index (χ3v) is 1.75. The zero-order chi connectivity index (χ0) is 13.9. The highest BCUT2D eigenvalue weighted by atomic mass is 16.7. The second-order valence-corrected chi connectivity index (χ2v) is 4.47. The van der Waals surface area contributed by atoms with Crippen LogP contribution in [0.25, 0.3) is 0 Å². The zero-order valence-corrected chi connectivity index (χ0v) is 10.2. The lowest BCUT2D eigenvalue weighted by Crippen LogP contribution is -2.23. The SMILES string of the molecule is CC(C)(C)Oc1cc([N+](=O)[O-])ccc1OC(=O)O. The molecule has 18 heavy (non-hydrogen) atoms. The molecule has 0 aliphatic carbocycles. The first-order chi connectivity index (χ1) is 8.19. The molecular weight excluding hydrogens is 242 g/mol. The summed E-state index contributed by atoms with van der Waals surface area (Å²) in [5, 5.41) is 19.2. The molecule has 7 nitrogen and oxygen atoms in total. The van der Waals surface area contributed by atoms with Crippen molar-refractivity contribution >= 4 is 11.8 Å². The Hall–Kier alpha value is -2.31. The Balaban J connectivity index is 3.17. The van der Waals surface area contributed by atoms with E-state index in [2.05, 4.69) is 4.74 Å². The van der Waals surface area contributed by atoms with Crippen LogP contribution in [0.3, 0.4) is 0 Å². The van der Waals surface area contributed by atoms with Crippen molar-refractivity contribution in [1.82, 2.24) is 0 Å². The number of benzene rings is 1. The Morgan fingerprint density at radius 2 is 1.94 bits per heavy atom. The summed E-state index contributed by atoms with van der Waals surface area (Å²) in [6, 6.07) is 3.46. The zero-order valence-electron chi connectivity index (χ0n) is 10.2. The molecule has 0 unspecified atom stereocenters. The molecule has 0 saturated carbocycles. The minimum atomic E-state index is -1.51. The van der Waals surface area contributed by atoms with Crippen molar-refractivity contribution in [2.75, 3.05) is 0 Å². The van der Waals surface area contributed by atoms with Crippen LogP contribution in [0, 0.1) is 10.1 Å². The van der Waals surface area contributed by atoms with Crippen LogP contribution in [0.15, 0.2) is 18.2 Å². The summed E-state index contributed by atoms with van der Waals surface area (Å²) < 4.78 is 9.93. The first-order valence-electron chi connectivity index (χ1n) is 5.07. The maximum atomic E-state index is 10.6. The van der Waals surface area contributed by atoms with Crippen molar-refractivity contribution in [3.63, 3.8) is 0 Å². The normalized spacial score (nSPS) is 10.8. The van der Waals surface area contributed by atoms with Gasteiger partial charge in [0.25, 0.3) is 5.69 Å². The number of hydrogen-bond acceptors (Lipinski definition) is 5. The smallest absolute Gasteiger partial charge is 0.484 e. The van der Waals surface area contributed by atoms with Crippen molar-refractivity contribution in [3.8, 4) is 11.5 Å². The molecule has 98 valence electrons. The molecule has 0 saturated heterocycles. The van der Waals surface area contributed by atoms with Gasteiger partial charge in [-0.2, -0.15) is 0 Å². The van der Waals surface area contributed by atoms with Gasteiger partial charge in [0.05, 0.1) is 11.0 Å². The summed E-state index contributed by atoms with van der Waals surface area (Å²) in [7, 11) is 0. The van der Waals surface area contributed by atoms with E-state index < -0.39 is 16.7 Å². The van der Waals surface area contributed by atoms with Crippen LogP contribution in [-0.2, 0) is 0 Å². The van der Waals surface area contributed by atoms with E-state index >= 15 is 0 Å². The highest BCUT2D eigenvalue weighted by molar-refractivity contribution is 5.64. The van der Waals surface area contributed by atoms with Gasteiger partial charge in [-0.3, -0.25) is 10.1 Å². The van der Waals surface area contributed by atoms with Crippen LogP contribution in [0.2, 0.25) is 0 Å². The summed E-state index contributed by atoms with van der Waals surface area (Å²) in [5.41, 5.74) is -0.835. The van der Waals surface area contributed by atoms with Gasteiger partial charge < -0.3 is 14.6 Å². The van der Waals surface area contributed by atoms with Gasteiger partial charge in [-0.15, -0.1) is 0 Å². The Morgan fingerprint density at radius 1 is 1.33 bits per heavy atom. The molecule has 0 radical (unpaired) electrons. The van der Waals surface area contributed by atoms with Gasteiger partial charge in [-0.1, -0.05) is 0 Å². The van der Waals surface area contributed by atoms with Crippen LogP contribution in [0.1, 0.15) is 20.8 Å². The van der Waals surface area contributed by atoms with Gasteiger partial charge >= 0.3 is 6.16 Å². The molecule has 0 spiro atoms. The van der Waals surface area contributed by atoms with Gasteiger partial charge in [0.2, 0.25) is 0 Å². The van der Waals surface area contributed by atoms with E-state index in [9.17, 15) is 14.9 Å². The number of nitro groups is 1. The summed E-state index contributed by atoms with van der Waals surface area (Å²) in [6.07, 6.45) is -1.51. The Bertz CT molecular complexity index is 477. The van der Waals surface area contributed by atoms with E-state index in [0.29, 0.717) is 0 Å². The van der Waals surface area contributed by atoms with Crippen molar-refractivity contribution < 1.29 is 24.3 Å². The highest BCUT2D eigenvalue weighted by Crippen LogP contribution is 2.33. The Morgan fingerprint density at radius 3 is 2.39 bits per heavy atom. The molecule has 1 rings (SSSR count). The second kappa shape index (κ2) is 4.91. The third kappa shape index (κ3) is 3.93. The number of non-ortho nitro benzene ring substituents is 1. The number of ether oxygens (including phenoxy) is 2. The molecule has 0 fully saturated rings. The first kappa shape index (κ1) is 13.8. The lowest BCUT2D eigenvalue weighted by molar-refractivity contribution is -0.385. The van der Waals surface area contributed by atoms with E-state index in [4.69, 9.17) is 9.84 Å². The molecule has 1 aromatic rings. The molecule has 0 aliphatic rings. The fourth-order valence-corrected chi connectivity index (χ4v) is 1.20. The molecule has 0 bridgehead atoms. The van der Waals surface area contributed by atoms with Crippen LogP contribution in [-0.4, -0.2) is 21.8 Å². The number of carbonyl (C=O) groups is 1. The van der Waals surface area contributed by atoms with Crippen LogP contribution in [0.5, 0.6) is 11.5 Å². The average molecular weight is 255 g/mol. The largest absolute Gasteiger partial charge is 0.511 e. The monoisotopic (exact) mass is 255 g/mol. The average Bonchev–Trinajstić information content (AvgIpc) is 2.17. The standard InChI is InChI=1S/C11H13NO6/c1-11(2,3)18-9-6-7(12(15)16)4-5-8(9)17-10(13)14/h4-6H,1-3H3,(H,13,14). The molecular formula is C11H13NO6. The van der Waals surface area contributed by atoms with Crippen molar-refractivity contribution in [2.45, 2.75) is 26.4 Å². The van der Waals surface area contributed by atoms with Gasteiger partial charge in [-0.05, 0) is 26.8 Å². The summed E-state index contributed by atoms with van der Waals surface area (Å²) in [4.78, 5) is 20.5. The van der Waals surface area contributed by atoms with Crippen molar-refractivity contribution in [1.29, 1.82) is 0 Å². The molecule has 0 atom stereocenters. The van der Waals surface area contributed by atoms with E-state index in [0.717, 1.165) is 12.1 Å². The third-order valence-electron chi connectivity index (χ3n) is 1.75. The van der Waals surface area contributed by atoms with Gasteiger partial charge in [0.1, 0.15) is 5.60 Å². The van der Waals surface area contributed by atoms with Gasteiger partial charge in [0.15, 0.2) is 11.5 Å². The molecule has 1 N–H and O–H groups in total. The highest BCUT2D eigenvalue weighted by Gasteiger charge is 2.20. The molecule has 0 aliphatic heterocycles. The number of hydrogen-bond donors (Lipinski definition) is 1. The number of nitrogens with zero attached hydrogens (tertiary/aromatic N) is 1. The lowest BCUT2D eigenvalue weighted by Gasteiger charge is -2.22. The van der Waals surface area contributed by atoms with Gasteiger partial charge in [0, 0.05) is 6.07 Å².